The summed E-state index contributed by atoms with van der Waals surface area (Å²) in [6.45, 7) is 1.33. The minimum Gasteiger partial charge on any atom is -0.508 e. The Hall–Kier alpha value is -4.53. The van der Waals surface area contributed by atoms with Gasteiger partial charge in [0.2, 0.25) is 0 Å². The number of ether oxygens (including phenoxy) is 3. The fraction of sp³-hybridized carbons (Fsp3) is 0.359. The molecule has 0 fully saturated rings. The van der Waals surface area contributed by atoms with Gasteiger partial charge in [0.25, 0.3) is 0 Å². The lowest BCUT2D eigenvalue weighted by Crippen LogP contribution is -2.33. The van der Waals surface area contributed by atoms with Crippen molar-refractivity contribution in [1.29, 1.82) is 0 Å². The Balaban J connectivity index is 1.25. The Morgan fingerprint density at radius 2 is 1.87 bits per heavy atom. The molecule has 8 nitrogen and oxygen atoms in total. The molecule has 0 saturated heterocycles. The Bertz CT molecular complexity index is 2020. The fourth-order valence-corrected chi connectivity index (χ4v) is 8.04. The zero-order valence-electron chi connectivity index (χ0n) is 26.5. The van der Waals surface area contributed by atoms with Crippen LogP contribution in [0.3, 0.4) is 0 Å². The van der Waals surface area contributed by atoms with Crippen molar-refractivity contribution in [3.05, 3.63) is 98.1 Å². The van der Waals surface area contributed by atoms with Crippen LogP contribution >= 0.6 is 0 Å². The first kappa shape index (κ1) is 29.8. The van der Waals surface area contributed by atoms with Crippen LogP contribution < -0.4 is 24.8 Å². The van der Waals surface area contributed by atoms with E-state index in [-0.39, 0.29) is 24.0 Å². The molecule has 3 atom stereocenters. The lowest BCUT2D eigenvalue weighted by molar-refractivity contribution is 0.0190. The molecule has 0 bridgehead atoms. The van der Waals surface area contributed by atoms with Gasteiger partial charge < -0.3 is 34.6 Å². The van der Waals surface area contributed by atoms with Crippen LogP contribution in [-0.2, 0) is 32.1 Å². The number of benzene rings is 4. The Labute approximate surface area is 273 Å². The Kier molecular flexibility index (Phi) is 7.57. The number of phenols is 2. The number of hydrogen-bond acceptors (Lipinski definition) is 8. The molecule has 0 aromatic heterocycles. The van der Waals surface area contributed by atoms with Crippen molar-refractivity contribution in [2.75, 3.05) is 26.9 Å². The third-order valence-corrected chi connectivity index (χ3v) is 10.2. The van der Waals surface area contributed by atoms with Crippen molar-refractivity contribution < 1.29 is 34.6 Å². The number of aryl methyl sites for hydroxylation is 1. The van der Waals surface area contributed by atoms with Gasteiger partial charge in [0.1, 0.15) is 23.4 Å². The number of aliphatic hydroxyl groups is 2. The van der Waals surface area contributed by atoms with Crippen LogP contribution in [0.2, 0.25) is 0 Å². The molecule has 4 N–H and O–H groups in total. The summed E-state index contributed by atoms with van der Waals surface area (Å²) in [5, 5.41) is 44.8. The van der Waals surface area contributed by atoms with E-state index in [1.54, 1.807) is 12.1 Å². The second-order valence-corrected chi connectivity index (χ2v) is 13.1. The van der Waals surface area contributed by atoms with Crippen LogP contribution in [0.15, 0.2) is 53.5 Å². The lowest BCUT2D eigenvalue weighted by atomic mass is 9.72. The zero-order valence-corrected chi connectivity index (χ0v) is 26.5. The van der Waals surface area contributed by atoms with E-state index < -0.39 is 12.2 Å². The molecule has 242 valence electrons. The smallest absolute Gasteiger partial charge is 0.161 e. The van der Waals surface area contributed by atoms with Gasteiger partial charge in [-0.3, -0.25) is 4.99 Å². The standard InChI is InChI=1S/C39H39NO7/c1-45-34-18-25(16-23(36(34)44)4-2-12-41)37-33(43)20-31-30-17-24(15-21-6-9-32-22(14-21)10-11-40-32)29-19-26(42)7-8-27(29)35(30)39-28(38(31)47-37)5-3-13-46-39/h6-10,14,16,18-19,24,33,37,41-44H,2-5,11-13,15,17,20H2,1H3. The predicted molar refractivity (Wildman–Crippen MR) is 177 cm³/mol. The second-order valence-electron chi connectivity index (χ2n) is 13.1. The molecule has 4 aromatic rings. The highest BCUT2D eigenvalue weighted by Gasteiger charge is 2.40. The maximum absolute atomic E-state index is 11.8. The average Bonchev–Trinajstić information content (AvgIpc) is 3.56. The van der Waals surface area contributed by atoms with E-state index >= 15 is 0 Å². The molecule has 3 heterocycles. The maximum Gasteiger partial charge on any atom is 0.161 e. The topological polar surface area (TPSA) is 121 Å². The third kappa shape index (κ3) is 5.11. The quantitative estimate of drug-likeness (QED) is 0.239. The van der Waals surface area contributed by atoms with E-state index in [1.165, 1.54) is 17.9 Å². The number of nitrogens with zero attached hydrogens (tertiary/aromatic N) is 1. The maximum atomic E-state index is 11.8. The monoisotopic (exact) mass is 633 g/mol. The molecule has 3 aliphatic heterocycles. The van der Waals surface area contributed by atoms with Gasteiger partial charge in [0.05, 0.1) is 31.7 Å². The van der Waals surface area contributed by atoms with E-state index in [0.717, 1.165) is 75.9 Å². The lowest BCUT2D eigenvalue weighted by Gasteiger charge is -2.39. The Morgan fingerprint density at radius 3 is 2.72 bits per heavy atom. The second kappa shape index (κ2) is 11.9. The van der Waals surface area contributed by atoms with Crippen molar-refractivity contribution in [2.45, 2.75) is 63.1 Å². The van der Waals surface area contributed by atoms with E-state index in [0.29, 0.717) is 49.3 Å². The van der Waals surface area contributed by atoms with Gasteiger partial charge in [0.15, 0.2) is 11.5 Å². The van der Waals surface area contributed by atoms with Crippen molar-refractivity contribution in [1.82, 2.24) is 0 Å². The first-order valence-electron chi connectivity index (χ1n) is 16.6. The van der Waals surface area contributed by atoms with Gasteiger partial charge in [-0.15, -0.1) is 0 Å². The summed E-state index contributed by atoms with van der Waals surface area (Å²) in [7, 11) is 1.51. The molecule has 0 saturated carbocycles. The van der Waals surface area contributed by atoms with Gasteiger partial charge >= 0.3 is 0 Å². The number of hydrogen-bond donors (Lipinski definition) is 4. The summed E-state index contributed by atoms with van der Waals surface area (Å²) >= 11 is 0. The number of rotatable bonds is 7. The molecule has 47 heavy (non-hydrogen) atoms. The highest BCUT2D eigenvalue weighted by Crippen LogP contribution is 2.55. The van der Waals surface area contributed by atoms with Gasteiger partial charge in [-0.05, 0) is 119 Å². The summed E-state index contributed by atoms with van der Waals surface area (Å²) < 4.78 is 18.8. The Morgan fingerprint density at radius 1 is 0.979 bits per heavy atom. The molecule has 1 aliphatic carbocycles. The van der Waals surface area contributed by atoms with Gasteiger partial charge in [0, 0.05) is 29.7 Å². The zero-order chi connectivity index (χ0) is 32.2. The van der Waals surface area contributed by atoms with Crippen molar-refractivity contribution in [3.63, 3.8) is 0 Å². The fourth-order valence-electron chi connectivity index (χ4n) is 8.04. The number of methoxy groups -OCH3 is 1. The van der Waals surface area contributed by atoms with Crippen molar-refractivity contribution in [3.8, 4) is 39.9 Å². The van der Waals surface area contributed by atoms with Crippen molar-refractivity contribution in [2.24, 2.45) is 4.99 Å². The minimum absolute atomic E-state index is 0.00360. The summed E-state index contributed by atoms with van der Waals surface area (Å²) in [5.41, 5.74) is 8.97. The molecular weight excluding hydrogens is 594 g/mol. The molecule has 0 spiro atoms. The number of aromatic hydroxyl groups is 2. The predicted octanol–water partition coefficient (Wildman–Crippen LogP) is 4.36. The highest BCUT2D eigenvalue weighted by atomic mass is 16.5. The largest absolute Gasteiger partial charge is 0.508 e. The van der Waals surface area contributed by atoms with Crippen LogP contribution in [0.25, 0.3) is 17.2 Å². The summed E-state index contributed by atoms with van der Waals surface area (Å²) in [6.07, 6.45) is 5.17. The summed E-state index contributed by atoms with van der Waals surface area (Å²) in [5.74, 6) is 2.32. The van der Waals surface area contributed by atoms with Crippen LogP contribution in [0.5, 0.6) is 28.7 Å². The third-order valence-electron chi connectivity index (χ3n) is 10.2. The first-order chi connectivity index (χ1) is 22.9. The normalized spacial score (nSPS) is 20.3. The first-order valence-corrected chi connectivity index (χ1v) is 16.6. The van der Waals surface area contributed by atoms with E-state index in [2.05, 4.69) is 29.3 Å². The summed E-state index contributed by atoms with van der Waals surface area (Å²) in [4.78, 5) is 4.55. The molecule has 8 heteroatoms. The van der Waals surface area contributed by atoms with Gasteiger partial charge in [-0.2, -0.15) is 0 Å². The molecule has 4 aromatic carbocycles. The SMILES string of the molecule is COc1cc(C2Oc3c(c4c(c5c3CCCO5)-c3ccc(O)cc3C(Cc3ccc5c(c3)=CCN=5)C4)CC2O)cc(CCCO)c1O. The number of phenolic OH excluding ortho intramolecular Hbond substituents is 2. The van der Waals surface area contributed by atoms with Gasteiger partial charge in [-0.25, -0.2) is 0 Å². The van der Waals surface area contributed by atoms with Crippen molar-refractivity contribution >= 4 is 6.08 Å². The van der Waals surface area contributed by atoms with Crippen LogP contribution in [0.4, 0.5) is 0 Å². The number of aliphatic hydroxyl groups excluding tert-OH is 2. The van der Waals surface area contributed by atoms with E-state index in [9.17, 15) is 20.4 Å². The molecule has 8 rings (SSSR count). The van der Waals surface area contributed by atoms with Gasteiger partial charge in [-0.1, -0.05) is 18.2 Å². The minimum atomic E-state index is -0.843. The average molecular weight is 634 g/mol. The molecule has 0 radical (unpaired) electrons. The molecule has 0 amide bonds. The van der Waals surface area contributed by atoms with Crippen LogP contribution in [0.1, 0.15) is 63.8 Å². The van der Waals surface area contributed by atoms with Crippen LogP contribution in [0, 0.1) is 0 Å². The summed E-state index contributed by atoms with van der Waals surface area (Å²) in [6, 6.07) is 15.7. The number of fused-ring (bicyclic) bond motifs is 9. The van der Waals surface area contributed by atoms with Crippen LogP contribution in [-0.4, -0.2) is 53.4 Å². The van der Waals surface area contributed by atoms with E-state index in [1.807, 2.05) is 18.2 Å². The molecule has 3 unspecified atom stereocenters. The highest BCUT2D eigenvalue weighted by molar-refractivity contribution is 5.85. The van der Waals surface area contributed by atoms with E-state index in [4.69, 9.17) is 14.2 Å². The molecular formula is C39H39NO7. The molecule has 4 aliphatic rings.